The standard InChI is InChI=1S/C14H10ClNS/c15-9-11-6-7-14(8-12(11)10-16)17-13-4-2-1-3-5-13/h1-8H,9H2. The molecule has 0 aliphatic rings. The lowest BCUT2D eigenvalue weighted by molar-refractivity contribution is 1.29. The molecule has 0 spiro atoms. The zero-order chi connectivity index (χ0) is 12.1. The van der Waals surface area contributed by atoms with E-state index in [4.69, 9.17) is 16.9 Å². The van der Waals surface area contributed by atoms with Crippen molar-refractivity contribution in [2.75, 3.05) is 0 Å². The number of halogens is 1. The second-order valence-electron chi connectivity index (χ2n) is 3.48. The van der Waals surface area contributed by atoms with Crippen LogP contribution < -0.4 is 0 Å². The minimum Gasteiger partial charge on any atom is -0.192 e. The second-order valence-corrected chi connectivity index (χ2v) is 4.89. The molecule has 84 valence electrons. The summed E-state index contributed by atoms with van der Waals surface area (Å²) >= 11 is 7.41. The summed E-state index contributed by atoms with van der Waals surface area (Å²) in [7, 11) is 0. The average Bonchev–Trinajstić information content (AvgIpc) is 2.40. The molecule has 0 saturated carbocycles. The second kappa shape index (κ2) is 5.77. The minimum atomic E-state index is 0.374. The molecule has 0 fully saturated rings. The van der Waals surface area contributed by atoms with Crippen molar-refractivity contribution >= 4 is 23.4 Å². The summed E-state index contributed by atoms with van der Waals surface area (Å²) in [6.07, 6.45) is 0. The maximum Gasteiger partial charge on any atom is 0.0995 e. The van der Waals surface area contributed by atoms with E-state index in [0.29, 0.717) is 11.4 Å². The van der Waals surface area contributed by atoms with Crippen LogP contribution in [0.5, 0.6) is 0 Å². The Hall–Kier alpha value is -1.43. The lowest BCUT2D eigenvalue weighted by atomic mass is 10.1. The molecule has 0 aliphatic carbocycles. The van der Waals surface area contributed by atoms with E-state index in [0.717, 1.165) is 15.4 Å². The summed E-state index contributed by atoms with van der Waals surface area (Å²) in [5.41, 5.74) is 1.53. The molecule has 0 unspecified atom stereocenters. The molecular weight excluding hydrogens is 250 g/mol. The average molecular weight is 260 g/mol. The first kappa shape index (κ1) is 12.0. The fraction of sp³-hybridized carbons (Fsp3) is 0.0714. The Balaban J connectivity index is 2.26. The Labute approximate surface area is 110 Å². The van der Waals surface area contributed by atoms with Gasteiger partial charge in [0.1, 0.15) is 0 Å². The fourth-order valence-corrected chi connectivity index (χ4v) is 2.58. The van der Waals surface area contributed by atoms with Gasteiger partial charge in [0, 0.05) is 15.7 Å². The van der Waals surface area contributed by atoms with Gasteiger partial charge in [-0.1, -0.05) is 36.0 Å². The number of nitrogens with zero attached hydrogens (tertiary/aromatic N) is 1. The van der Waals surface area contributed by atoms with Crippen molar-refractivity contribution in [3.63, 3.8) is 0 Å². The third-order valence-electron chi connectivity index (χ3n) is 2.32. The van der Waals surface area contributed by atoms with Gasteiger partial charge in [-0.3, -0.25) is 0 Å². The minimum absolute atomic E-state index is 0.374. The summed E-state index contributed by atoms with van der Waals surface area (Å²) in [6, 6.07) is 18.1. The molecule has 3 heteroatoms. The van der Waals surface area contributed by atoms with Crippen molar-refractivity contribution in [1.82, 2.24) is 0 Å². The molecule has 0 radical (unpaired) electrons. The van der Waals surface area contributed by atoms with Crippen molar-refractivity contribution in [2.45, 2.75) is 15.7 Å². The summed E-state index contributed by atoms with van der Waals surface area (Å²) in [5.74, 6) is 0.374. The molecule has 0 aromatic heterocycles. The number of hydrogen-bond donors (Lipinski definition) is 0. The van der Waals surface area contributed by atoms with Gasteiger partial charge < -0.3 is 0 Å². The van der Waals surface area contributed by atoms with Crippen LogP contribution in [-0.4, -0.2) is 0 Å². The van der Waals surface area contributed by atoms with E-state index < -0.39 is 0 Å². The van der Waals surface area contributed by atoms with Crippen LogP contribution in [-0.2, 0) is 5.88 Å². The van der Waals surface area contributed by atoms with Gasteiger partial charge in [0.15, 0.2) is 0 Å². The number of alkyl halides is 1. The third-order valence-corrected chi connectivity index (χ3v) is 3.61. The van der Waals surface area contributed by atoms with Crippen LogP contribution in [0.15, 0.2) is 58.3 Å². The first-order chi connectivity index (χ1) is 8.33. The summed E-state index contributed by atoms with van der Waals surface area (Å²) in [6.45, 7) is 0. The van der Waals surface area contributed by atoms with Crippen molar-refractivity contribution in [1.29, 1.82) is 5.26 Å². The number of benzene rings is 2. The van der Waals surface area contributed by atoms with Crippen LogP contribution in [0.25, 0.3) is 0 Å². The third kappa shape index (κ3) is 3.03. The van der Waals surface area contributed by atoms with Crippen LogP contribution in [0.4, 0.5) is 0 Å². The van der Waals surface area contributed by atoms with Gasteiger partial charge in [-0.2, -0.15) is 5.26 Å². The molecule has 0 N–H and O–H groups in total. The molecule has 0 heterocycles. The molecule has 2 aromatic carbocycles. The molecular formula is C14H10ClNS. The molecule has 17 heavy (non-hydrogen) atoms. The van der Waals surface area contributed by atoms with Gasteiger partial charge >= 0.3 is 0 Å². The molecule has 0 amide bonds. The monoisotopic (exact) mass is 259 g/mol. The van der Waals surface area contributed by atoms with Crippen LogP contribution in [0.1, 0.15) is 11.1 Å². The largest absolute Gasteiger partial charge is 0.192 e. The Morgan fingerprint density at radius 3 is 2.47 bits per heavy atom. The lowest BCUT2D eigenvalue weighted by Crippen LogP contribution is -1.86. The molecule has 0 aliphatic heterocycles. The SMILES string of the molecule is N#Cc1cc(Sc2ccccc2)ccc1CCl. The van der Waals surface area contributed by atoms with E-state index in [9.17, 15) is 0 Å². The maximum atomic E-state index is 9.02. The zero-order valence-corrected chi connectivity index (χ0v) is 10.6. The normalized spacial score (nSPS) is 9.88. The van der Waals surface area contributed by atoms with Crippen molar-refractivity contribution in [3.05, 3.63) is 59.7 Å². The first-order valence-electron chi connectivity index (χ1n) is 5.15. The Kier molecular flexibility index (Phi) is 4.08. The van der Waals surface area contributed by atoms with Gasteiger partial charge in [0.05, 0.1) is 11.6 Å². The summed E-state index contributed by atoms with van der Waals surface area (Å²) < 4.78 is 0. The predicted octanol–water partition coefficient (Wildman–Crippen LogP) is 4.45. The van der Waals surface area contributed by atoms with Gasteiger partial charge in [0.2, 0.25) is 0 Å². The van der Waals surface area contributed by atoms with Crippen LogP contribution in [0.2, 0.25) is 0 Å². The zero-order valence-electron chi connectivity index (χ0n) is 9.06. The molecule has 0 atom stereocenters. The van der Waals surface area contributed by atoms with Crippen molar-refractivity contribution in [2.24, 2.45) is 0 Å². The van der Waals surface area contributed by atoms with Crippen LogP contribution >= 0.6 is 23.4 Å². The Bertz CT molecular complexity index is 546. The van der Waals surface area contributed by atoms with Crippen LogP contribution in [0, 0.1) is 11.3 Å². The highest BCUT2D eigenvalue weighted by atomic mass is 35.5. The number of rotatable bonds is 3. The van der Waals surface area contributed by atoms with Gasteiger partial charge in [-0.05, 0) is 29.8 Å². The Morgan fingerprint density at radius 1 is 1.06 bits per heavy atom. The lowest BCUT2D eigenvalue weighted by Gasteiger charge is -2.04. The van der Waals surface area contributed by atoms with Crippen LogP contribution in [0.3, 0.4) is 0 Å². The topological polar surface area (TPSA) is 23.8 Å². The van der Waals surface area contributed by atoms with E-state index >= 15 is 0 Å². The highest BCUT2D eigenvalue weighted by Gasteiger charge is 2.03. The molecule has 2 rings (SSSR count). The number of nitriles is 1. The van der Waals surface area contributed by atoms with Gasteiger partial charge in [0.25, 0.3) is 0 Å². The van der Waals surface area contributed by atoms with Crippen molar-refractivity contribution in [3.8, 4) is 6.07 Å². The highest BCUT2D eigenvalue weighted by molar-refractivity contribution is 7.99. The quantitative estimate of drug-likeness (QED) is 0.761. The molecule has 2 aromatic rings. The summed E-state index contributed by atoms with van der Waals surface area (Å²) in [4.78, 5) is 2.22. The maximum absolute atomic E-state index is 9.02. The summed E-state index contributed by atoms with van der Waals surface area (Å²) in [5, 5.41) is 9.02. The highest BCUT2D eigenvalue weighted by Crippen LogP contribution is 2.29. The van der Waals surface area contributed by atoms with E-state index in [-0.39, 0.29) is 0 Å². The van der Waals surface area contributed by atoms with Gasteiger partial charge in [-0.15, -0.1) is 11.6 Å². The smallest absolute Gasteiger partial charge is 0.0995 e. The van der Waals surface area contributed by atoms with E-state index in [1.807, 2.05) is 48.5 Å². The van der Waals surface area contributed by atoms with E-state index in [2.05, 4.69) is 6.07 Å². The molecule has 0 bridgehead atoms. The molecule has 1 nitrogen and oxygen atoms in total. The number of hydrogen-bond acceptors (Lipinski definition) is 2. The van der Waals surface area contributed by atoms with Gasteiger partial charge in [-0.25, -0.2) is 0 Å². The first-order valence-corrected chi connectivity index (χ1v) is 6.50. The Morgan fingerprint density at radius 2 is 1.82 bits per heavy atom. The fourth-order valence-electron chi connectivity index (χ4n) is 1.46. The molecule has 0 saturated heterocycles. The van der Waals surface area contributed by atoms with E-state index in [1.54, 1.807) is 11.8 Å². The van der Waals surface area contributed by atoms with E-state index in [1.165, 1.54) is 0 Å². The predicted molar refractivity (Wildman–Crippen MR) is 71.3 cm³/mol. The van der Waals surface area contributed by atoms with Crippen molar-refractivity contribution < 1.29 is 0 Å².